The maximum Gasteiger partial charge on any atom is 0.272 e. The Balaban J connectivity index is 1.58. The molecule has 1 amide bonds. The molecule has 0 spiro atoms. The molecule has 1 fully saturated rings. The van der Waals surface area contributed by atoms with Crippen LogP contribution in [0.4, 0.5) is 0 Å². The quantitative estimate of drug-likeness (QED) is 0.683. The molecule has 6 heteroatoms. The van der Waals surface area contributed by atoms with Crippen LogP contribution in [0.25, 0.3) is 10.9 Å². The number of amides is 1. The first-order chi connectivity index (χ1) is 13.7. The number of ether oxygens (including phenoxy) is 2. The number of benzene rings is 2. The summed E-state index contributed by atoms with van der Waals surface area (Å²) in [4.78, 5) is 12.8. The molecule has 2 N–H and O–H groups in total. The van der Waals surface area contributed by atoms with Gasteiger partial charge in [0.1, 0.15) is 0 Å². The van der Waals surface area contributed by atoms with Crippen LogP contribution >= 0.6 is 0 Å². The first-order valence-electron chi connectivity index (χ1n) is 9.61. The number of H-pyrrole nitrogens is 1. The van der Waals surface area contributed by atoms with E-state index in [2.05, 4.69) is 21.6 Å². The van der Waals surface area contributed by atoms with E-state index in [0.717, 1.165) is 42.3 Å². The molecule has 3 aromatic rings. The fraction of sp³-hybridized carbons (Fsp3) is 0.364. The van der Waals surface area contributed by atoms with Gasteiger partial charge in [-0.25, -0.2) is 0 Å². The van der Waals surface area contributed by atoms with Crippen LogP contribution in [0.1, 0.15) is 41.7 Å². The van der Waals surface area contributed by atoms with Gasteiger partial charge in [0.15, 0.2) is 17.2 Å². The zero-order chi connectivity index (χ0) is 19.6. The van der Waals surface area contributed by atoms with Gasteiger partial charge >= 0.3 is 0 Å². The molecule has 28 heavy (non-hydrogen) atoms. The van der Waals surface area contributed by atoms with Crippen LogP contribution in [0.3, 0.4) is 0 Å². The summed E-state index contributed by atoms with van der Waals surface area (Å²) in [6, 6.07) is 13.7. The van der Waals surface area contributed by atoms with Crippen LogP contribution in [-0.4, -0.2) is 36.9 Å². The van der Waals surface area contributed by atoms with Gasteiger partial charge in [0.2, 0.25) is 0 Å². The maximum absolute atomic E-state index is 12.8. The molecule has 1 aromatic heterocycles. The maximum atomic E-state index is 12.8. The van der Waals surface area contributed by atoms with Crippen LogP contribution < -0.4 is 14.8 Å². The van der Waals surface area contributed by atoms with Crippen molar-refractivity contribution >= 4 is 16.8 Å². The number of nitrogens with one attached hydrogen (secondary N) is 2. The lowest BCUT2D eigenvalue weighted by Crippen LogP contribution is -2.39. The number of aromatic nitrogens is 2. The highest BCUT2D eigenvalue weighted by molar-refractivity contribution is 6.04. The number of carbonyl (C=O) groups is 1. The van der Waals surface area contributed by atoms with Gasteiger partial charge in [-0.15, -0.1) is 0 Å². The number of fused-ring (bicyclic) bond motifs is 1. The Bertz CT molecular complexity index is 990. The Morgan fingerprint density at radius 1 is 1.11 bits per heavy atom. The van der Waals surface area contributed by atoms with Crippen molar-refractivity contribution in [2.45, 2.75) is 31.1 Å². The van der Waals surface area contributed by atoms with Crippen LogP contribution in [0.2, 0.25) is 0 Å². The predicted octanol–water partition coefficient (Wildman–Crippen LogP) is 3.82. The summed E-state index contributed by atoms with van der Waals surface area (Å²) in [7, 11) is 3.28. The molecule has 0 radical (unpaired) electrons. The second kappa shape index (κ2) is 7.54. The van der Waals surface area contributed by atoms with Gasteiger partial charge in [-0.3, -0.25) is 9.89 Å². The Morgan fingerprint density at radius 2 is 1.86 bits per heavy atom. The molecule has 0 aliphatic heterocycles. The standard InChI is InChI=1S/C22H25N3O3/c1-27-18-10-9-15(13-19(18)28-2)22(11-5-6-12-22)14-23-21(26)20-16-7-3-4-8-17(16)24-25-20/h3-4,7-10,13H,5-6,11-12,14H2,1-2H3,(H,23,26)(H,24,25). The summed E-state index contributed by atoms with van der Waals surface area (Å²) >= 11 is 0. The third-order valence-electron chi connectivity index (χ3n) is 5.83. The van der Waals surface area contributed by atoms with Gasteiger partial charge in [0, 0.05) is 17.3 Å². The van der Waals surface area contributed by atoms with Crippen LogP contribution in [0.15, 0.2) is 42.5 Å². The van der Waals surface area contributed by atoms with Gasteiger partial charge in [0.05, 0.1) is 19.7 Å². The van der Waals surface area contributed by atoms with Crippen molar-refractivity contribution < 1.29 is 14.3 Å². The molecule has 0 atom stereocenters. The second-order valence-corrected chi connectivity index (χ2v) is 7.36. The van der Waals surface area contributed by atoms with Crippen LogP contribution in [0, 0.1) is 0 Å². The molecule has 0 saturated heterocycles. The summed E-state index contributed by atoms with van der Waals surface area (Å²) in [5, 5.41) is 11.1. The Labute approximate surface area is 164 Å². The number of nitrogens with zero attached hydrogens (tertiary/aromatic N) is 1. The minimum atomic E-state index is -0.149. The predicted molar refractivity (Wildman–Crippen MR) is 108 cm³/mol. The summed E-state index contributed by atoms with van der Waals surface area (Å²) in [6.45, 7) is 0.572. The molecule has 0 bridgehead atoms. The number of para-hydroxylation sites is 1. The molecule has 1 heterocycles. The van der Waals surface area contributed by atoms with E-state index in [9.17, 15) is 4.79 Å². The van der Waals surface area contributed by atoms with Crippen molar-refractivity contribution in [2.24, 2.45) is 0 Å². The highest BCUT2D eigenvalue weighted by atomic mass is 16.5. The first kappa shape index (κ1) is 18.3. The lowest BCUT2D eigenvalue weighted by atomic mass is 9.78. The first-order valence-corrected chi connectivity index (χ1v) is 9.61. The summed E-state index contributed by atoms with van der Waals surface area (Å²) in [6.07, 6.45) is 4.36. The van der Waals surface area contributed by atoms with Gasteiger partial charge in [0.25, 0.3) is 5.91 Å². The van der Waals surface area contributed by atoms with E-state index in [-0.39, 0.29) is 11.3 Å². The molecule has 1 aliphatic rings. The van der Waals surface area contributed by atoms with E-state index >= 15 is 0 Å². The number of hydrogen-bond acceptors (Lipinski definition) is 4. The van der Waals surface area contributed by atoms with E-state index in [1.54, 1.807) is 14.2 Å². The minimum absolute atomic E-state index is 0.0959. The average molecular weight is 379 g/mol. The van der Waals surface area contributed by atoms with Gasteiger partial charge < -0.3 is 14.8 Å². The number of carbonyl (C=O) groups excluding carboxylic acids is 1. The summed E-state index contributed by atoms with van der Waals surface area (Å²) in [5.74, 6) is 1.28. The molecule has 1 aliphatic carbocycles. The van der Waals surface area contributed by atoms with E-state index in [1.165, 1.54) is 5.56 Å². The average Bonchev–Trinajstić information content (AvgIpc) is 3.39. The SMILES string of the molecule is COc1ccc(C2(CNC(=O)c3n[nH]c4ccccc34)CCCC2)cc1OC. The topological polar surface area (TPSA) is 76.2 Å². The highest BCUT2D eigenvalue weighted by Crippen LogP contribution is 2.43. The van der Waals surface area contributed by atoms with Crippen molar-refractivity contribution in [1.29, 1.82) is 0 Å². The lowest BCUT2D eigenvalue weighted by molar-refractivity contribution is 0.0939. The zero-order valence-electron chi connectivity index (χ0n) is 16.2. The Morgan fingerprint density at radius 3 is 2.61 bits per heavy atom. The molecule has 6 nitrogen and oxygen atoms in total. The van der Waals surface area contributed by atoms with E-state index in [1.807, 2.05) is 36.4 Å². The second-order valence-electron chi connectivity index (χ2n) is 7.36. The van der Waals surface area contributed by atoms with Crippen molar-refractivity contribution in [1.82, 2.24) is 15.5 Å². The molecule has 2 aromatic carbocycles. The normalized spacial score (nSPS) is 15.5. The van der Waals surface area contributed by atoms with E-state index in [0.29, 0.717) is 18.0 Å². The third-order valence-corrected chi connectivity index (χ3v) is 5.83. The van der Waals surface area contributed by atoms with Crippen molar-refractivity contribution in [3.05, 3.63) is 53.7 Å². The molecule has 0 unspecified atom stereocenters. The third kappa shape index (κ3) is 3.19. The molecule has 146 valence electrons. The van der Waals surface area contributed by atoms with Gasteiger partial charge in [-0.2, -0.15) is 5.10 Å². The molecule has 4 rings (SSSR count). The van der Waals surface area contributed by atoms with Gasteiger partial charge in [-0.05, 0) is 36.6 Å². The molecular weight excluding hydrogens is 354 g/mol. The Kier molecular flexibility index (Phi) is 4.94. The smallest absolute Gasteiger partial charge is 0.272 e. The fourth-order valence-electron chi connectivity index (χ4n) is 4.26. The number of methoxy groups -OCH3 is 2. The van der Waals surface area contributed by atoms with Crippen molar-refractivity contribution in [3.63, 3.8) is 0 Å². The van der Waals surface area contributed by atoms with E-state index in [4.69, 9.17) is 9.47 Å². The van der Waals surface area contributed by atoms with Crippen LogP contribution in [0.5, 0.6) is 11.5 Å². The number of rotatable bonds is 6. The largest absolute Gasteiger partial charge is 0.493 e. The summed E-state index contributed by atoms with van der Waals surface area (Å²) < 4.78 is 10.9. The molecular formula is C22H25N3O3. The monoisotopic (exact) mass is 379 g/mol. The molecule has 1 saturated carbocycles. The van der Waals surface area contributed by atoms with Gasteiger partial charge in [-0.1, -0.05) is 37.1 Å². The number of hydrogen-bond donors (Lipinski definition) is 2. The lowest BCUT2D eigenvalue weighted by Gasteiger charge is -2.30. The summed E-state index contributed by atoms with van der Waals surface area (Å²) in [5.41, 5.74) is 2.38. The zero-order valence-corrected chi connectivity index (χ0v) is 16.2. The highest BCUT2D eigenvalue weighted by Gasteiger charge is 2.37. The number of aromatic amines is 1. The van der Waals surface area contributed by atoms with Crippen LogP contribution in [-0.2, 0) is 5.41 Å². The fourth-order valence-corrected chi connectivity index (χ4v) is 4.26. The van der Waals surface area contributed by atoms with Crippen molar-refractivity contribution in [2.75, 3.05) is 20.8 Å². The minimum Gasteiger partial charge on any atom is -0.493 e. The van der Waals surface area contributed by atoms with Crippen molar-refractivity contribution in [3.8, 4) is 11.5 Å². The Hall–Kier alpha value is -3.02. The van der Waals surface area contributed by atoms with E-state index < -0.39 is 0 Å².